The van der Waals surface area contributed by atoms with Gasteiger partial charge in [0.1, 0.15) is 11.6 Å². The molecule has 0 radical (unpaired) electrons. The van der Waals surface area contributed by atoms with Crippen LogP contribution in [0.5, 0.6) is 0 Å². The molecule has 11 nitrogen and oxygen atoms in total. The van der Waals surface area contributed by atoms with Crippen molar-refractivity contribution in [3.8, 4) is 0 Å². The number of rotatable bonds is 5. The van der Waals surface area contributed by atoms with Crippen LogP contribution in [0.3, 0.4) is 0 Å². The Kier molecular flexibility index (Phi) is 4.57. The lowest BCUT2D eigenvalue weighted by molar-refractivity contribution is -0.385. The zero-order chi connectivity index (χ0) is 20.6. The van der Waals surface area contributed by atoms with Crippen LogP contribution >= 0.6 is 0 Å². The molecule has 0 aromatic heterocycles. The van der Waals surface area contributed by atoms with Gasteiger partial charge in [0.05, 0.1) is 15.4 Å². The summed E-state index contributed by atoms with van der Waals surface area (Å²) in [6, 6.07) is 7.39. The molecule has 1 aliphatic rings. The molecule has 0 saturated heterocycles. The Labute approximate surface area is 156 Å². The summed E-state index contributed by atoms with van der Waals surface area (Å²) in [6.45, 7) is 1.30. The molecular formula is C17H12N4O7. The van der Waals surface area contributed by atoms with Crippen molar-refractivity contribution in [3.63, 3.8) is 0 Å². The fraction of sp³-hybridized carbons (Fsp3) is 0.118. The first kappa shape index (κ1) is 18.6. The molecule has 2 aromatic carbocycles. The third kappa shape index (κ3) is 3.05. The van der Waals surface area contributed by atoms with Crippen molar-refractivity contribution in [1.29, 1.82) is 0 Å². The maximum atomic E-state index is 12.6. The number of non-ortho nitro benzene ring substituents is 1. The van der Waals surface area contributed by atoms with Crippen LogP contribution in [0.1, 0.15) is 27.6 Å². The molecule has 1 aliphatic heterocycles. The molecule has 11 heteroatoms. The summed E-state index contributed by atoms with van der Waals surface area (Å²) in [4.78, 5) is 58.7. The molecule has 1 atom stereocenters. The van der Waals surface area contributed by atoms with Gasteiger partial charge in [-0.1, -0.05) is 6.07 Å². The van der Waals surface area contributed by atoms with Gasteiger partial charge in [0.2, 0.25) is 5.91 Å². The minimum Gasteiger partial charge on any atom is -0.324 e. The first-order valence-electron chi connectivity index (χ1n) is 7.93. The van der Waals surface area contributed by atoms with Crippen molar-refractivity contribution in [3.05, 3.63) is 73.8 Å². The Morgan fingerprint density at radius 2 is 1.64 bits per heavy atom. The Hall–Kier alpha value is -4.15. The molecule has 28 heavy (non-hydrogen) atoms. The third-order valence-corrected chi connectivity index (χ3v) is 4.23. The summed E-state index contributed by atoms with van der Waals surface area (Å²) in [5, 5.41) is 24.2. The lowest BCUT2D eigenvalue weighted by Crippen LogP contribution is -2.45. The van der Waals surface area contributed by atoms with Gasteiger partial charge in [0.15, 0.2) is 0 Å². The van der Waals surface area contributed by atoms with Gasteiger partial charge in [-0.3, -0.25) is 39.5 Å². The van der Waals surface area contributed by atoms with Crippen LogP contribution < -0.4 is 5.32 Å². The maximum Gasteiger partial charge on any atom is 0.282 e. The van der Waals surface area contributed by atoms with E-state index >= 15 is 0 Å². The molecule has 2 aromatic rings. The number of hydrogen-bond acceptors (Lipinski definition) is 7. The largest absolute Gasteiger partial charge is 0.324 e. The van der Waals surface area contributed by atoms with E-state index in [1.807, 2.05) is 0 Å². The van der Waals surface area contributed by atoms with Crippen molar-refractivity contribution in [1.82, 2.24) is 4.90 Å². The summed E-state index contributed by atoms with van der Waals surface area (Å²) >= 11 is 0. The van der Waals surface area contributed by atoms with Crippen LogP contribution in [0, 0.1) is 20.2 Å². The molecule has 1 N–H and O–H groups in total. The van der Waals surface area contributed by atoms with Crippen LogP contribution in [0.15, 0.2) is 42.5 Å². The van der Waals surface area contributed by atoms with Crippen LogP contribution in [-0.4, -0.2) is 38.5 Å². The number of hydrogen-bond donors (Lipinski definition) is 1. The lowest BCUT2D eigenvalue weighted by atomic mass is 10.1. The van der Waals surface area contributed by atoms with Gasteiger partial charge >= 0.3 is 0 Å². The predicted molar refractivity (Wildman–Crippen MR) is 94.8 cm³/mol. The van der Waals surface area contributed by atoms with Gasteiger partial charge in [0, 0.05) is 23.9 Å². The van der Waals surface area contributed by atoms with Crippen molar-refractivity contribution >= 4 is 34.8 Å². The first-order chi connectivity index (χ1) is 13.2. The van der Waals surface area contributed by atoms with Crippen LogP contribution in [0.4, 0.5) is 17.1 Å². The molecule has 3 amide bonds. The number of anilines is 1. The van der Waals surface area contributed by atoms with Gasteiger partial charge in [-0.2, -0.15) is 0 Å². The fourth-order valence-corrected chi connectivity index (χ4v) is 2.82. The smallest absolute Gasteiger partial charge is 0.282 e. The summed E-state index contributed by atoms with van der Waals surface area (Å²) in [7, 11) is 0. The number of imide groups is 1. The summed E-state index contributed by atoms with van der Waals surface area (Å²) < 4.78 is 0. The minimum absolute atomic E-state index is 0.144. The zero-order valence-corrected chi connectivity index (χ0v) is 14.3. The Morgan fingerprint density at radius 1 is 1.00 bits per heavy atom. The molecule has 142 valence electrons. The highest BCUT2D eigenvalue weighted by Crippen LogP contribution is 2.32. The number of amides is 3. The number of nitrogens with zero attached hydrogens (tertiary/aromatic N) is 3. The molecule has 0 spiro atoms. The number of carbonyl (C=O) groups excluding carboxylic acids is 3. The summed E-state index contributed by atoms with van der Waals surface area (Å²) in [6.07, 6.45) is 0. The van der Waals surface area contributed by atoms with E-state index in [2.05, 4.69) is 5.32 Å². The van der Waals surface area contributed by atoms with E-state index in [0.717, 1.165) is 6.07 Å². The number of nitro groups is 2. The normalized spacial score (nSPS) is 13.8. The number of nitro benzene ring substituents is 2. The minimum atomic E-state index is -1.26. The van der Waals surface area contributed by atoms with Gasteiger partial charge in [-0.15, -0.1) is 0 Å². The molecular weight excluding hydrogens is 372 g/mol. The van der Waals surface area contributed by atoms with E-state index in [4.69, 9.17) is 0 Å². The van der Waals surface area contributed by atoms with Crippen molar-refractivity contribution in [2.75, 3.05) is 5.32 Å². The number of nitrogens with one attached hydrogen (secondary N) is 1. The zero-order valence-electron chi connectivity index (χ0n) is 14.3. The molecule has 3 rings (SSSR count). The van der Waals surface area contributed by atoms with E-state index < -0.39 is 39.3 Å². The average Bonchev–Trinajstić information content (AvgIpc) is 2.92. The third-order valence-electron chi connectivity index (χ3n) is 4.23. The second-order valence-corrected chi connectivity index (χ2v) is 5.91. The number of fused-ring (bicyclic) bond motifs is 1. The predicted octanol–water partition coefficient (Wildman–Crippen LogP) is 2.13. The van der Waals surface area contributed by atoms with Crippen molar-refractivity contribution in [2.24, 2.45) is 0 Å². The molecule has 1 heterocycles. The molecule has 0 aliphatic carbocycles. The Morgan fingerprint density at radius 3 is 2.21 bits per heavy atom. The van der Waals surface area contributed by atoms with Crippen LogP contribution in [-0.2, 0) is 4.79 Å². The monoisotopic (exact) mass is 384 g/mol. The highest BCUT2D eigenvalue weighted by atomic mass is 16.6. The van der Waals surface area contributed by atoms with Crippen molar-refractivity contribution in [2.45, 2.75) is 13.0 Å². The SMILES string of the molecule is CC(C(=O)Nc1ccc([N+](=O)[O-])cc1)N1C(=O)c2cccc([N+](=O)[O-])c2C1=O. The summed E-state index contributed by atoms with van der Waals surface area (Å²) in [5.41, 5.74) is -0.952. The maximum absolute atomic E-state index is 12.6. The Balaban J connectivity index is 1.83. The van der Waals surface area contributed by atoms with Gasteiger partial charge in [-0.05, 0) is 25.1 Å². The van der Waals surface area contributed by atoms with E-state index in [1.165, 1.54) is 43.3 Å². The quantitative estimate of drug-likeness (QED) is 0.470. The molecule has 1 unspecified atom stereocenters. The average molecular weight is 384 g/mol. The van der Waals surface area contributed by atoms with Gasteiger partial charge in [0.25, 0.3) is 23.2 Å². The van der Waals surface area contributed by atoms with E-state index in [-0.39, 0.29) is 22.5 Å². The fourth-order valence-electron chi connectivity index (χ4n) is 2.82. The van der Waals surface area contributed by atoms with Crippen LogP contribution in [0.25, 0.3) is 0 Å². The second kappa shape index (κ2) is 6.87. The van der Waals surface area contributed by atoms with Crippen molar-refractivity contribution < 1.29 is 24.2 Å². The second-order valence-electron chi connectivity index (χ2n) is 5.91. The van der Waals surface area contributed by atoms with Gasteiger partial charge < -0.3 is 5.32 Å². The van der Waals surface area contributed by atoms with Gasteiger partial charge in [-0.25, -0.2) is 0 Å². The Bertz CT molecular complexity index is 1030. The lowest BCUT2D eigenvalue weighted by Gasteiger charge is -2.21. The molecule has 0 fully saturated rings. The van der Waals surface area contributed by atoms with E-state index in [0.29, 0.717) is 4.90 Å². The van der Waals surface area contributed by atoms with Crippen LogP contribution in [0.2, 0.25) is 0 Å². The van der Waals surface area contributed by atoms with E-state index in [9.17, 15) is 34.6 Å². The first-order valence-corrected chi connectivity index (χ1v) is 7.93. The highest BCUT2D eigenvalue weighted by Gasteiger charge is 2.44. The molecule has 0 bridgehead atoms. The number of carbonyl (C=O) groups is 3. The highest BCUT2D eigenvalue weighted by molar-refractivity contribution is 6.24. The summed E-state index contributed by atoms with van der Waals surface area (Å²) in [5.74, 6) is -2.47. The molecule has 0 saturated carbocycles. The topological polar surface area (TPSA) is 153 Å². The standard InChI is InChI=1S/C17H12N4O7/c1-9(15(22)18-10-5-7-11(8-6-10)20(25)26)19-16(23)12-3-2-4-13(21(27)28)14(12)17(19)24/h2-9H,1H3,(H,18,22). The van der Waals surface area contributed by atoms with E-state index in [1.54, 1.807) is 0 Å². The number of benzene rings is 2.